The van der Waals surface area contributed by atoms with E-state index in [2.05, 4.69) is 87.7 Å². The number of ether oxygens (including phenoxy) is 2. The van der Waals surface area contributed by atoms with Crippen LogP contribution in [0.2, 0.25) is 0 Å². The van der Waals surface area contributed by atoms with Gasteiger partial charge in [-0.15, -0.1) is 0 Å². The third-order valence-corrected chi connectivity index (χ3v) is 7.37. The number of rotatable bonds is 4. The van der Waals surface area contributed by atoms with Crippen molar-refractivity contribution in [1.82, 2.24) is 4.57 Å². The van der Waals surface area contributed by atoms with Gasteiger partial charge in [-0.25, -0.2) is 9.13 Å². The van der Waals surface area contributed by atoms with Crippen LogP contribution >= 0.6 is 15.9 Å². The molecule has 2 aliphatic heterocycles. The summed E-state index contributed by atoms with van der Waals surface area (Å²) < 4.78 is 17.9. The quantitative estimate of drug-likeness (QED) is 0.383. The average molecular weight is 526 g/mol. The van der Waals surface area contributed by atoms with Crippen LogP contribution in [0.15, 0.2) is 53.3 Å². The van der Waals surface area contributed by atoms with Gasteiger partial charge in [-0.1, -0.05) is 28.1 Å². The largest absolute Gasteiger partial charge is 1.00 e. The van der Waals surface area contributed by atoms with Gasteiger partial charge in [-0.3, -0.25) is 0 Å². The van der Waals surface area contributed by atoms with Gasteiger partial charge in [0.15, 0.2) is 11.0 Å². The lowest BCUT2D eigenvalue weighted by Gasteiger charge is -2.11. The molecule has 0 spiro atoms. The molecule has 170 valence electrons. The van der Waals surface area contributed by atoms with E-state index < -0.39 is 0 Å². The average Bonchev–Trinajstić information content (AvgIpc) is 3.50. The van der Waals surface area contributed by atoms with Crippen LogP contribution in [0, 0.1) is 13.8 Å². The first kappa shape index (κ1) is 22.3. The van der Waals surface area contributed by atoms with Crippen molar-refractivity contribution in [3.8, 4) is 11.5 Å². The van der Waals surface area contributed by atoms with Crippen LogP contribution < -0.4 is 26.4 Å². The fourth-order valence-electron chi connectivity index (χ4n) is 5.00. The second kappa shape index (κ2) is 8.69. The van der Waals surface area contributed by atoms with Crippen molar-refractivity contribution in [2.75, 3.05) is 13.2 Å². The second-order valence-corrected chi connectivity index (χ2v) is 9.86. The van der Waals surface area contributed by atoms with E-state index in [1.807, 2.05) is 0 Å². The minimum absolute atomic E-state index is 0. The van der Waals surface area contributed by atoms with Crippen molar-refractivity contribution < 1.29 is 26.4 Å². The van der Waals surface area contributed by atoms with E-state index in [4.69, 9.17) is 9.47 Å². The molecule has 0 fully saturated rings. The Kier molecular flexibility index (Phi) is 5.87. The van der Waals surface area contributed by atoms with Gasteiger partial charge in [-0.05, 0) is 60.9 Å². The van der Waals surface area contributed by atoms with Gasteiger partial charge in [0, 0.05) is 34.0 Å². The normalized spacial score (nSPS) is 13.9. The summed E-state index contributed by atoms with van der Waals surface area (Å²) in [5.41, 5.74) is 10.3. The zero-order valence-electron chi connectivity index (χ0n) is 18.8. The van der Waals surface area contributed by atoms with Gasteiger partial charge >= 0.3 is 0 Å². The molecule has 33 heavy (non-hydrogen) atoms. The van der Waals surface area contributed by atoms with Crippen LogP contribution in [0.5, 0.6) is 11.5 Å². The number of imidazole rings is 1. The fourth-order valence-corrected chi connectivity index (χ4v) is 5.26. The maximum Gasteiger partial charge on any atom is 0.245 e. The maximum absolute atomic E-state index is 6.12. The van der Waals surface area contributed by atoms with Crippen molar-refractivity contribution >= 4 is 27.0 Å². The molecule has 0 N–H and O–H groups in total. The molecule has 0 saturated carbocycles. The lowest BCUT2D eigenvalue weighted by molar-refractivity contribution is -0.663. The van der Waals surface area contributed by atoms with E-state index in [9.17, 15) is 0 Å². The number of halogens is 2. The molecular weight excluding hydrogens is 500 g/mol. The predicted octanol–water partition coefficient (Wildman–Crippen LogP) is 2.28. The topological polar surface area (TPSA) is 27.3 Å². The first-order valence-electron chi connectivity index (χ1n) is 11.2. The van der Waals surface area contributed by atoms with Crippen LogP contribution in [-0.4, -0.2) is 17.8 Å². The Morgan fingerprint density at radius 2 is 1.73 bits per heavy atom. The van der Waals surface area contributed by atoms with E-state index in [0.717, 1.165) is 55.1 Å². The lowest BCUT2D eigenvalue weighted by Crippen LogP contribution is -3.00. The zero-order valence-corrected chi connectivity index (χ0v) is 21.2. The Labute approximate surface area is 208 Å². The van der Waals surface area contributed by atoms with E-state index in [-0.39, 0.29) is 12.4 Å². The molecule has 0 saturated heterocycles. The highest BCUT2D eigenvalue weighted by Gasteiger charge is 2.29. The number of aromatic nitrogens is 2. The summed E-state index contributed by atoms with van der Waals surface area (Å²) in [6.07, 6.45) is 4.19. The van der Waals surface area contributed by atoms with Crippen LogP contribution in [0.3, 0.4) is 0 Å². The van der Waals surface area contributed by atoms with Crippen LogP contribution in [0.4, 0.5) is 0 Å². The lowest BCUT2D eigenvalue weighted by atomic mass is 9.99. The van der Waals surface area contributed by atoms with Crippen LogP contribution in [-0.2, 0) is 25.9 Å². The molecular formula is C27H26BrClN2O2. The molecule has 2 aliphatic rings. The summed E-state index contributed by atoms with van der Waals surface area (Å²) in [5, 5.41) is 0. The molecule has 6 heteroatoms. The molecule has 0 unspecified atom stereocenters. The van der Waals surface area contributed by atoms with E-state index >= 15 is 0 Å². The number of benzene rings is 3. The van der Waals surface area contributed by atoms with Gasteiger partial charge in [-0.2, -0.15) is 0 Å². The highest BCUT2D eigenvalue weighted by atomic mass is 79.9. The Balaban J connectivity index is 0.00000228. The van der Waals surface area contributed by atoms with Crippen molar-refractivity contribution in [2.24, 2.45) is 0 Å². The van der Waals surface area contributed by atoms with Gasteiger partial charge in [0.25, 0.3) is 0 Å². The Morgan fingerprint density at radius 1 is 0.970 bits per heavy atom. The summed E-state index contributed by atoms with van der Waals surface area (Å²) in [5.74, 6) is 2.13. The molecule has 0 bridgehead atoms. The van der Waals surface area contributed by atoms with E-state index in [1.165, 1.54) is 44.4 Å². The van der Waals surface area contributed by atoms with E-state index in [0.29, 0.717) is 0 Å². The molecule has 4 nitrogen and oxygen atoms in total. The third-order valence-electron chi connectivity index (χ3n) is 6.84. The molecule has 1 aromatic heterocycles. The van der Waals surface area contributed by atoms with E-state index in [1.54, 1.807) is 0 Å². The second-order valence-electron chi connectivity index (χ2n) is 8.94. The SMILES string of the molecule is Cc1cc2c(cc1C)[n+](Cc1ccc(Br)cc1)cn2Cc1c2c(cc3c1OCC3)OCC2.[Cl-]. The number of aryl methyl sites for hydroxylation is 2. The Morgan fingerprint density at radius 3 is 2.55 bits per heavy atom. The minimum Gasteiger partial charge on any atom is -1.00 e. The number of nitrogens with zero attached hydrogens (tertiary/aromatic N) is 2. The zero-order chi connectivity index (χ0) is 21.8. The van der Waals surface area contributed by atoms with Gasteiger partial charge in [0.2, 0.25) is 6.33 Å². The summed E-state index contributed by atoms with van der Waals surface area (Å²) >= 11 is 3.55. The third kappa shape index (κ3) is 3.91. The molecule has 0 atom stereocenters. The molecule has 0 aliphatic carbocycles. The Hall–Kier alpha value is -2.50. The Bertz CT molecular complexity index is 1330. The molecule has 4 aromatic rings. The fraction of sp³-hybridized carbons (Fsp3) is 0.296. The molecule has 0 radical (unpaired) electrons. The van der Waals surface area contributed by atoms with Crippen LogP contribution in [0.1, 0.15) is 33.4 Å². The van der Waals surface area contributed by atoms with Gasteiger partial charge in [0.1, 0.15) is 24.6 Å². The van der Waals surface area contributed by atoms with Gasteiger partial charge < -0.3 is 21.9 Å². The predicted molar refractivity (Wildman–Crippen MR) is 129 cm³/mol. The standard InChI is InChI=1S/C27H26BrN2O2.ClH/c1-17-11-24-25(12-18(17)2)30(16-29(24)14-19-3-5-21(28)6-4-19)15-23-22-8-10-31-26(22)13-20-7-9-32-27(20)23;/h3-6,11-13,16H,7-10,14-15H2,1-2H3;1H/q+1;/p-1. The minimum atomic E-state index is 0. The summed E-state index contributed by atoms with van der Waals surface area (Å²) in [6, 6.07) is 15.4. The molecule has 3 aromatic carbocycles. The highest BCUT2D eigenvalue weighted by molar-refractivity contribution is 9.10. The van der Waals surface area contributed by atoms with Crippen molar-refractivity contribution in [3.63, 3.8) is 0 Å². The summed E-state index contributed by atoms with van der Waals surface area (Å²) in [7, 11) is 0. The number of fused-ring (bicyclic) bond motifs is 3. The monoisotopic (exact) mass is 524 g/mol. The number of hydrogen-bond donors (Lipinski definition) is 0. The molecule has 6 rings (SSSR count). The van der Waals surface area contributed by atoms with Gasteiger partial charge in [0.05, 0.1) is 13.2 Å². The van der Waals surface area contributed by atoms with Crippen molar-refractivity contribution in [1.29, 1.82) is 0 Å². The number of hydrogen-bond acceptors (Lipinski definition) is 2. The molecule has 3 heterocycles. The highest BCUT2D eigenvalue weighted by Crippen LogP contribution is 2.41. The van der Waals surface area contributed by atoms with Crippen LogP contribution in [0.25, 0.3) is 11.0 Å². The van der Waals surface area contributed by atoms with Crippen molar-refractivity contribution in [3.05, 3.63) is 86.6 Å². The summed E-state index contributed by atoms with van der Waals surface area (Å²) in [6.45, 7) is 7.54. The molecule has 0 amide bonds. The smallest absolute Gasteiger partial charge is 0.245 e. The maximum atomic E-state index is 6.12. The first-order chi connectivity index (χ1) is 15.6. The van der Waals surface area contributed by atoms with Crippen molar-refractivity contribution in [2.45, 2.75) is 39.8 Å². The first-order valence-corrected chi connectivity index (χ1v) is 12.0. The summed E-state index contributed by atoms with van der Waals surface area (Å²) in [4.78, 5) is 0.